The molecule has 320 valence electrons. The van der Waals surface area contributed by atoms with E-state index in [1.54, 1.807) is 0 Å². The summed E-state index contributed by atoms with van der Waals surface area (Å²) in [5.41, 5.74) is 19.4. The molecule has 1 aromatic heterocycles. The third kappa shape index (κ3) is 6.68. The third-order valence-electron chi connectivity index (χ3n) is 14.3. The average Bonchev–Trinajstić information content (AvgIpc) is 3.92. The molecular weight excluding hydrogens is 839 g/mol. The fraction of sp³-hybridized carbons (Fsp3) is 0.0303. The Morgan fingerprint density at radius 3 is 1.69 bits per heavy atom. The molecule has 1 unspecified atom stereocenters. The summed E-state index contributed by atoms with van der Waals surface area (Å²) in [6.07, 6.45) is 0. The van der Waals surface area contributed by atoms with Crippen LogP contribution in [0.25, 0.3) is 86.6 Å². The predicted octanol–water partition coefficient (Wildman–Crippen LogP) is 18.7. The highest BCUT2D eigenvalue weighted by atomic mass is 32.1. The number of benzene rings is 11. The van der Waals surface area contributed by atoms with Crippen LogP contribution in [0.2, 0.25) is 0 Å². The number of thiophene rings is 1. The lowest BCUT2D eigenvalue weighted by atomic mass is 9.74. The van der Waals surface area contributed by atoms with E-state index < -0.39 is 0 Å². The monoisotopic (exact) mass is 883 g/mol. The molecule has 0 fully saturated rings. The summed E-state index contributed by atoms with van der Waals surface area (Å²) in [5.74, 6) is 0. The average molecular weight is 884 g/mol. The van der Waals surface area contributed by atoms with Crippen LogP contribution in [0.5, 0.6) is 0 Å². The van der Waals surface area contributed by atoms with Crippen molar-refractivity contribution in [3.05, 3.63) is 271 Å². The predicted molar refractivity (Wildman–Crippen MR) is 291 cm³/mol. The van der Waals surface area contributed by atoms with Gasteiger partial charge in [-0.2, -0.15) is 0 Å². The molecule has 1 nitrogen and oxygen atoms in total. The Morgan fingerprint density at radius 2 is 0.882 bits per heavy atom. The SMILES string of the molecule is CC1(c2ccccc2)c2ccccc2-c2ccc(-c3ccc(N(c4ccc(-c5cccc(-c6cccc7c6sc6ccccc67)c5)cc4)c4cccc(-c5ccc6ccccc6c5)c4)cc3)cc21. The minimum absolute atomic E-state index is 0.253. The topological polar surface area (TPSA) is 3.24 Å². The van der Waals surface area contributed by atoms with Crippen molar-refractivity contribution in [2.45, 2.75) is 12.3 Å². The Kier molecular flexibility index (Phi) is 9.56. The van der Waals surface area contributed by atoms with Gasteiger partial charge in [-0.3, -0.25) is 0 Å². The van der Waals surface area contributed by atoms with E-state index in [9.17, 15) is 0 Å². The molecule has 11 aromatic carbocycles. The van der Waals surface area contributed by atoms with Gasteiger partial charge in [0.05, 0.1) is 0 Å². The molecule has 0 aliphatic heterocycles. The van der Waals surface area contributed by atoms with Crippen molar-refractivity contribution in [3.63, 3.8) is 0 Å². The summed E-state index contributed by atoms with van der Waals surface area (Å²) in [6.45, 7) is 2.39. The molecule has 1 aliphatic carbocycles. The molecule has 0 bridgehead atoms. The van der Waals surface area contributed by atoms with Crippen LogP contribution in [0, 0.1) is 0 Å². The molecule has 1 aliphatic rings. The standard InChI is InChI=1S/C66H45NS/c1-66(53-19-3-2-4-20-53)62-26-9-7-22-58(62)59-39-34-51(43-63(59)66)46-32-37-55(38-33-46)67(56-21-12-17-49(42-56)50-29-28-44-14-5-6-15-47(44)40-50)54-35-30-45(31-36-54)48-16-11-18-52(41-48)57-24-13-25-61-60-23-8-10-27-64(60)68-65(57)61/h2-43H,1H3. The van der Waals surface area contributed by atoms with Gasteiger partial charge in [0.2, 0.25) is 0 Å². The summed E-state index contributed by atoms with van der Waals surface area (Å²) in [7, 11) is 0. The molecule has 2 heteroatoms. The van der Waals surface area contributed by atoms with E-state index in [0.717, 1.165) is 17.1 Å². The number of anilines is 3. The molecule has 1 heterocycles. The van der Waals surface area contributed by atoms with Crippen LogP contribution >= 0.6 is 11.3 Å². The third-order valence-corrected chi connectivity index (χ3v) is 15.6. The molecule has 68 heavy (non-hydrogen) atoms. The lowest BCUT2D eigenvalue weighted by Crippen LogP contribution is -2.22. The quantitative estimate of drug-likeness (QED) is 0.147. The van der Waals surface area contributed by atoms with E-state index in [0.29, 0.717) is 0 Å². The largest absolute Gasteiger partial charge is 0.310 e. The maximum Gasteiger partial charge on any atom is 0.0467 e. The van der Waals surface area contributed by atoms with Crippen molar-refractivity contribution in [1.29, 1.82) is 0 Å². The van der Waals surface area contributed by atoms with E-state index in [2.05, 4.69) is 267 Å². The number of nitrogens with zero attached hydrogens (tertiary/aromatic N) is 1. The van der Waals surface area contributed by atoms with E-state index in [4.69, 9.17) is 0 Å². The second kappa shape index (κ2) is 16.2. The van der Waals surface area contributed by atoms with E-state index in [1.165, 1.54) is 103 Å². The van der Waals surface area contributed by atoms with Gasteiger partial charge < -0.3 is 4.90 Å². The Labute approximate surface area is 401 Å². The molecule has 0 spiro atoms. The van der Waals surface area contributed by atoms with Crippen molar-refractivity contribution in [3.8, 4) is 55.6 Å². The first-order valence-electron chi connectivity index (χ1n) is 23.5. The maximum atomic E-state index is 2.43. The highest BCUT2D eigenvalue weighted by molar-refractivity contribution is 7.26. The van der Waals surface area contributed by atoms with Gasteiger partial charge in [-0.15, -0.1) is 11.3 Å². The van der Waals surface area contributed by atoms with Gasteiger partial charge in [0.15, 0.2) is 0 Å². The first-order chi connectivity index (χ1) is 33.6. The van der Waals surface area contributed by atoms with E-state index in [1.807, 2.05) is 11.3 Å². The zero-order chi connectivity index (χ0) is 45.2. The van der Waals surface area contributed by atoms with Crippen molar-refractivity contribution < 1.29 is 0 Å². The molecule has 0 radical (unpaired) electrons. The molecule has 12 aromatic rings. The van der Waals surface area contributed by atoms with Crippen molar-refractivity contribution >= 4 is 59.3 Å². The summed E-state index contributed by atoms with van der Waals surface area (Å²) >= 11 is 1.88. The fourth-order valence-corrected chi connectivity index (χ4v) is 12.1. The lowest BCUT2D eigenvalue weighted by molar-refractivity contribution is 0.714. The zero-order valence-corrected chi connectivity index (χ0v) is 38.4. The van der Waals surface area contributed by atoms with Crippen LogP contribution in [0.15, 0.2) is 255 Å². The molecule has 0 N–H and O–H groups in total. The van der Waals surface area contributed by atoms with Crippen LogP contribution in [0.1, 0.15) is 23.6 Å². The number of hydrogen-bond donors (Lipinski definition) is 0. The highest BCUT2D eigenvalue weighted by Gasteiger charge is 2.40. The molecule has 0 amide bonds. The Morgan fingerprint density at radius 1 is 0.324 bits per heavy atom. The second-order valence-electron chi connectivity index (χ2n) is 18.2. The van der Waals surface area contributed by atoms with E-state index >= 15 is 0 Å². The summed E-state index contributed by atoms with van der Waals surface area (Å²) < 4.78 is 2.66. The minimum Gasteiger partial charge on any atom is -0.310 e. The van der Waals surface area contributed by atoms with Gasteiger partial charge in [-0.1, -0.05) is 194 Å². The number of hydrogen-bond acceptors (Lipinski definition) is 2. The van der Waals surface area contributed by atoms with Crippen LogP contribution in [-0.4, -0.2) is 0 Å². The Bertz CT molecular complexity index is 3860. The summed E-state index contributed by atoms with van der Waals surface area (Å²) in [4.78, 5) is 2.39. The second-order valence-corrected chi connectivity index (χ2v) is 19.3. The summed E-state index contributed by atoms with van der Waals surface area (Å²) in [6, 6.07) is 94.0. The molecule has 0 saturated heterocycles. The smallest absolute Gasteiger partial charge is 0.0467 e. The summed E-state index contributed by atoms with van der Waals surface area (Å²) in [5, 5.41) is 5.13. The highest BCUT2D eigenvalue weighted by Crippen LogP contribution is 2.53. The van der Waals surface area contributed by atoms with Gasteiger partial charge in [-0.25, -0.2) is 0 Å². The van der Waals surface area contributed by atoms with Crippen LogP contribution in [0.3, 0.4) is 0 Å². The van der Waals surface area contributed by atoms with Gasteiger partial charge in [0.1, 0.15) is 0 Å². The Hall–Kier alpha value is -8.30. The molecule has 1 atom stereocenters. The van der Waals surface area contributed by atoms with Gasteiger partial charge >= 0.3 is 0 Å². The van der Waals surface area contributed by atoms with Crippen LogP contribution in [0.4, 0.5) is 17.1 Å². The lowest BCUT2D eigenvalue weighted by Gasteiger charge is -2.28. The first-order valence-corrected chi connectivity index (χ1v) is 24.3. The zero-order valence-electron chi connectivity index (χ0n) is 37.6. The molecule has 0 saturated carbocycles. The number of fused-ring (bicyclic) bond motifs is 7. The van der Waals surface area contributed by atoms with E-state index in [-0.39, 0.29) is 5.41 Å². The van der Waals surface area contributed by atoms with Crippen molar-refractivity contribution in [2.75, 3.05) is 4.90 Å². The van der Waals surface area contributed by atoms with Gasteiger partial charge in [0.25, 0.3) is 0 Å². The van der Waals surface area contributed by atoms with Crippen LogP contribution < -0.4 is 4.90 Å². The first kappa shape index (κ1) is 40.0. The minimum atomic E-state index is -0.253. The van der Waals surface area contributed by atoms with Gasteiger partial charge in [0, 0.05) is 42.6 Å². The maximum absolute atomic E-state index is 2.43. The Balaban J connectivity index is 0.880. The molecular formula is C66H45NS. The molecule has 13 rings (SSSR count). The normalized spacial score (nSPS) is 14.0. The van der Waals surface area contributed by atoms with Crippen LogP contribution in [-0.2, 0) is 5.41 Å². The van der Waals surface area contributed by atoms with Crippen molar-refractivity contribution in [1.82, 2.24) is 0 Å². The number of rotatable bonds is 8. The van der Waals surface area contributed by atoms with Gasteiger partial charge in [-0.05, 0) is 151 Å². The van der Waals surface area contributed by atoms with Crippen molar-refractivity contribution in [2.24, 2.45) is 0 Å². The fourth-order valence-electron chi connectivity index (χ4n) is 10.8.